The van der Waals surface area contributed by atoms with Crippen molar-refractivity contribution < 1.29 is 14.7 Å². The number of likely N-dealkylation sites (tertiary alicyclic amines) is 1. The van der Waals surface area contributed by atoms with Crippen molar-refractivity contribution in [2.75, 3.05) is 0 Å². The van der Waals surface area contributed by atoms with E-state index in [1.165, 1.54) is 4.90 Å². The van der Waals surface area contributed by atoms with E-state index in [-0.39, 0.29) is 23.3 Å². The molecule has 1 atom stereocenters. The molecular weight excluding hydrogens is 414 g/mol. The lowest BCUT2D eigenvalue weighted by Crippen LogP contribution is -2.29. The third-order valence-corrected chi connectivity index (χ3v) is 5.97. The van der Waals surface area contributed by atoms with Crippen LogP contribution in [-0.2, 0) is 21.5 Å². The number of aryl methyl sites for hydroxylation is 1. The number of aliphatic hydroxyl groups is 1. The zero-order valence-electron chi connectivity index (χ0n) is 19.2. The number of aliphatic hydroxyl groups excluding tert-OH is 1. The fourth-order valence-electron chi connectivity index (χ4n) is 4.10. The highest BCUT2D eigenvalue weighted by Gasteiger charge is 2.46. The van der Waals surface area contributed by atoms with Gasteiger partial charge in [0, 0.05) is 36.9 Å². The average molecular weight is 442 g/mol. The second kappa shape index (κ2) is 8.62. The highest BCUT2D eigenvalue weighted by molar-refractivity contribution is 6.46. The predicted octanol–water partition coefficient (Wildman–Crippen LogP) is 4.70. The van der Waals surface area contributed by atoms with Crippen LogP contribution in [0.5, 0.6) is 0 Å². The number of hydrogen-bond donors (Lipinski definition) is 1. The molecule has 1 saturated heterocycles. The highest BCUT2D eigenvalue weighted by atomic mass is 16.3. The van der Waals surface area contributed by atoms with Gasteiger partial charge in [-0.1, -0.05) is 45.0 Å². The Hall–Kier alpha value is -3.80. The largest absolute Gasteiger partial charge is 0.507 e. The molecule has 3 aromatic rings. The van der Waals surface area contributed by atoms with Gasteiger partial charge < -0.3 is 10.0 Å². The summed E-state index contributed by atoms with van der Waals surface area (Å²) < 4.78 is 0. The van der Waals surface area contributed by atoms with Gasteiger partial charge in [0.05, 0.1) is 11.6 Å². The molecule has 0 radical (unpaired) electrons. The van der Waals surface area contributed by atoms with E-state index >= 15 is 0 Å². The number of benzene rings is 1. The van der Waals surface area contributed by atoms with Gasteiger partial charge in [-0.2, -0.15) is 0 Å². The number of Topliss-reactive ketones (excluding diaryl/α,β-unsaturated/α-hetero) is 1. The van der Waals surface area contributed by atoms with Crippen molar-refractivity contribution in [2.24, 2.45) is 0 Å². The second-order valence-corrected chi connectivity index (χ2v) is 9.35. The summed E-state index contributed by atoms with van der Waals surface area (Å²) in [6.45, 7) is 8.33. The Balaban J connectivity index is 1.90. The first kappa shape index (κ1) is 22.4. The highest BCUT2D eigenvalue weighted by Crippen LogP contribution is 2.41. The number of ketones is 1. The second-order valence-electron chi connectivity index (χ2n) is 9.35. The fourth-order valence-corrected chi connectivity index (χ4v) is 4.10. The zero-order valence-corrected chi connectivity index (χ0v) is 19.2. The molecule has 2 aromatic heterocycles. The molecule has 0 spiro atoms. The van der Waals surface area contributed by atoms with Crippen LogP contribution in [0.2, 0.25) is 0 Å². The molecule has 3 heterocycles. The Morgan fingerprint density at radius 1 is 1.03 bits per heavy atom. The monoisotopic (exact) mass is 441 g/mol. The lowest BCUT2D eigenvalue weighted by Gasteiger charge is -2.25. The molecule has 168 valence electrons. The third-order valence-electron chi connectivity index (χ3n) is 5.97. The molecule has 1 aromatic carbocycles. The number of nitrogens with zero attached hydrogens (tertiary/aromatic N) is 3. The van der Waals surface area contributed by atoms with Gasteiger partial charge >= 0.3 is 0 Å². The maximum absolute atomic E-state index is 13.3. The predicted molar refractivity (Wildman–Crippen MR) is 126 cm³/mol. The summed E-state index contributed by atoms with van der Waals surface area (Å²) in [5.41, 5.74) is 3.78. The molecule has 1 unspecified atom stereocenters. The van der Waals surface area contributed by atoms with Crippen LogP contribution in [0.25, 0.3) is 5.76 Å². The van der Waals surface area contributed by atoms with Gasteiger partial charge in [0.2, 0.25) is 0 Å². The van der Waals surface area contributed by atoms with E-state index in [0.29, 0.717) is 11.1 Å². The Morgan fingerprint density at radius 2 is 1.73 bits per heavy atom. The van der Waals surface area contributed by atoms with E-state index in [4.69, 9.17) is 0 Å². The van der Waals surface area contributed by atoms with Crippen LogP contribution in [-0.4, -0.2) is 31.7 Å². The molecule has 33 heavy (non-hydrogen) atoms. The molecule has 1 N–H and O–H groups in total. The van der Waals surface area contributed by atoms with Gasteiger partial charge in [-0.05, 0) is 52.8 Å². The summed E-state index contributed by atoms with van der Waals surface area (Å²) in [4.78, 5) is 36.2. The van der Waals surface area contributed by atoms with E-state index in [0.717, 1.165) is 16.7 Å². The van der Waals surface area contributed by atoms with Crippen LogP contribution in [0.1, 0.15) is 54.6 Å². The van der Waals surface area contributed by atoms with Gasteiger partial charge in [0.15, 0.2) is 0 Å². The van der Waals surface area contributed by atoms with E-state index in [1.54, 1.807) is 36.9 Å². The van der Waals surface area contributed by atoms with Crippen molar-refractivity contribution in [3.63, 3.8) is 0 Å². The molecule has 4 rings (SSSR count). The van der Waals surface area contributed by atoms with Gasteiger partial charge in [-0.3, -0.25) is 19.6 Å². The van der Waals surface area contributed by atoms with Crippen molar-refractivity contribution in [3.05, 3.63) is 101 Å². The number of carbonyl (C=O) groups excluding carboxylic acids is 2. The SMILES string of the molecule is Cc1ccc(C(C)(C)C)cc1/C(O)=C1\C(=O)C(=O)N(Cc2cccnc2)C1c1cccnc1. The molecule has 6 heteroatoms. The van der Waals surface area contributed by atoms with Crippen LogP contribution in [0.3, 0.4) is 0 Å². The van der Waals surface area contributed by atoms with Gasteiger partial charge in [0.25, 0.3) is 11.7 Å². The molecule has 1 fully saturated rings. The minimum Gasteiger partial charge on any atom is -0.507 e. The van der Waals surface area contributed by atoms with E-state index < -0.39 is 17.7 Å². The molecule has 0 bridgehead atoms. The topological polar surface area (TPSA) is 83.4 Å². The Morgan fingerprint density at radius 3 is 2.33 bits per heavy atom. The van der Waals surface area contributed by atoms with Gasteiger partial charge in [0.1, 0.15) is 5.76 Å². The number of carbonyl (C=O) groups is 2. The smallest absolute Gasteiger partial charge is 0.295 e. The van der Waals surface area contributed by atoms with Crippen molar-refractivity contribution in [1.29, 1.82) is 0 Å². The molecule has 1 amide bonds. The van der Waals surface area contributed by atoms with Crippen LogP contribution in [0, 0.1) is 6.92 Å². The number of amides is 1. The normalized spacial score (nSPS) is 18.1. The lowest BCUT2D eigenvalue weighted by atomic mass is 9.84. The van der Waals surface area contributed by atoms with Crippen molar-refractivity contribution in [2.45, 2.75) is 45.7 Å². The van der Waals surface area contributed by atoms with Crippen LogP contribution in [0.4, 0.5) is 0 Å². The summed E-state index contributed by atoms with van der Waals surface area (Å²) in [5, 5.41) is 11.4. The molecular formula is C27H27N3O3. The lowest BCUT2D eigenvalue weighted by molar-refractivity contribution is -0.140. The number of aromatic nitrogens is 2. The molecule has 1 aliphatic rings. The number of hydrogen-bond acceptors (Lipinski definition) is 5. The first-order valence-corrected chi connectivity index (χ1v) is 10.9. The van der Waals surface area contributed by atoms with E-state index in [1.807, 2.05) is 37.3 Å². The Kier molecular flexibility index (Phi) is 5.85. The molecule has 1 aliphatic heterocycles. The van der Waals surface area contributed by atoms with Gasteiger partial charge in [-0.25, -0.2) is 0 Å². The zero-order chi connectivity index (χ0) is 23.8. The summed E-state index contributed by atoms with van der Waals surface area (Å²) in [6, 6.07) is 12.3. The van der Waals surface area contributed by atoms with Gasteiger partial charge in [-0.15, -0.1) is 0 Å². The first-order chi connectivity index (χ1) is 15.7. The molecule has 0 saturated carbocycles. The van der Waals surface area contributed by atoms with Crippen molar-refractivity contribution >= 4 is 17.4 Å². The summed E-state index contributed by atoms with van der Waals surface area (Å²) in [7, 11) is 0. The average Bonchev–Trinajstić information content (AvgIpc) is 3.04. The van der Waals surface area contributed by atoms with Crippen LogP contribution in [0.15, 0.2) is 72.8 Å². The van der Waals surface area contributed by atoms with Crippen LogP contribution < -0.4 is 0 Å². The summed E-state index contributed by atoms with van der Waals surface area (Å²) in [6.07, 6.45) is 6.57. The van der Waals surface area contributed by atoms with Crippen LogP contribution >= 0.6 is 0 Å². The van der Waals surface area contributed by atoms with E-state index in [9.17, 15) is 14.7 Å². The molecule has 6 nitrogen and oxygen atoms in total. The van der Waals surface area contributed by atoms with Crippen molar-refractivity contribution in [3.8, 4) is 0 Å². The quantitative estimate of drug-likeness (QED) is 0.360. The first-order valence-electron chi connectivity index (χ1n) is 10.9. The number of pyridine rings is 2. The third kappa shape index (κ3) is 4.29. The fraction of sp³-hybridized carbons (Fsp3) is 0.259. The maximum Gasteiger partial charge on any atom is 0.295 e. The van der Waals surface area contributed by atoms with Crippen molar-refractivity contribution in [1.82, 2.24) is 14.9 Å². The Bertz CT molecular complexity index is 1230. The summed E-state index contributed by atoms with van der Waals surface area (Å²) >= 11 is 0. The maximum atomic E-state index is 13.3. The Labute approximate surface area is 193 Å². The minimum absolute atomic E-state index is 0.0750. The summed E-state index contributed by atoms with van der Waals surface area (Å²) in [5.74, 6) is -1.52. The standard InChI is InChI=1S/C27H27N3O3/c1-17-9-10-20(27(2,3)4)13-21(17)24(31)22-23(19-8-6-12-29-15-19)30(26(33)25(22)32)16-18-7-5-11-28-14-18/h5-15,23,31H,16H2,1-4H3/b24-22+. The van der Waals surface area contributed by atoms with E-state index in [2.05, 4.69) is 30.7 Å². The molecule has 0 aliphatic carbocycles. The minimum atomic E-state index is -0.753. The number of rotatable bonds is 4.